The van der Waals surface area contributed by atoms with E-state index in [1.165, 1.54) is 5.57 Å². The summed E-state index contributed by atoms with van der Waals surface area (Å²) in [5, 5.41) is 0. The predicted molar refractivity (Wildman–Crippen MR) is 59.3 cm³/mol. The molecular formula is C12H20. The molecule has 0 N–H and O–H groups in total. The Morgan fingerprint density at radius 2 is 1.83 bits per heavy atom. The lowest BCUT2D eigenvalue weighted by Crippen LogP contribution is -1.71. The molecule has 0 saturated heterocycles. The van der Waals surface area contributed by atoms with Gasteiger partial charge in [0.15, 0.2) is 0 Å². The lowest BCUT2D eigenvalue weighted by molar-refractivity contribution is 1.28. The van der Waals surface area contributed by atoms with Gasteiger partial charge in [-0.25, -0.2) is 0 Å². The van der Waals surface area contributed by atoms with E-state index in [1.54, 1.807) is 6.08 Å². The van der Waals surface area contributed by atoms with Gasteiger partial charge in [-0.1, -0.05) is 57.4 Å². The highest BCUT2D eigenvalue weighted by Crippen LogP contribution is 2.02. The molecule has 0 aromatic carbocycles. The van der Waals surface area contributed by atoms with Gasteiger partial charge in [-0.05, 0) is 18.9 Å². The van der Waals surface area contributed by atoms with E-state index in [4.69, 9.17) is 0 Å². The maximum Gasteiger partial charge on any atom is -0.00978 e. The SMILES string of the molecule is C=C/C=C(\C=C)C/C=C/C.CC. The molecule has 12 heavy (non-hydrogen) atoms. The molecule has 0 atom stereocenters. The Bertz CT molecular complexity index is 159. The fraction of sp³-hybridized carbons (Fsp3) is 0.333. The number of rotatable bonds is 4. The van der Waals surface area contributed by atoms with E-state index in [2.05, 4.69) is 19.2 Å². The highest BCUT2D eigenvalue weighted by Gasteiger charge is 1.82. The standard InChI is InChI=1S/C10H14.C2H6/c1-4-7-9-10(6-3)8-5-2;1-2/h4-8H,2-3,9H2,1H3;1-2H3/b7-4+,10-8+;. The topological polar surface area (TPSA) is 0 Å². The molecule has 0 unspecified atom stereocenters. The first kappa shape index (κ1) is 13.5. The predicted octanol–water partition coefficient (Wildman–Crippen LogP) is 4.28. The number of hydrogen-bond acceptors (Lipinski definition) is 0. The summed E-state index contributed by atoms with van der Waals surface area (Å²) < 4.78 is 0. The first-order valence-corrected chi connectivity index (χ1v) is 4.40. The molecule has 0 heteroatoms. The smallest absolute Gasteiger partial charge is 0.00978 e. The summed E-state index contributed by atoms with van der Waals surface area (Å²) in [6.45, 7) is 13.3. The van der Waals surface area contributed by atoms with E-state index in [1.807, 2.05) is 39.0 Å². The van der Waals surface area contributed by atoms with Gasteiger partial charge >= 0.3 is 0 Å². The van der Waals surface area contributed by atoms with Gasteiger partial charge in [0.25, 0.3) is 0 Å². The number of hydrogen-bond donors (Lipinski definition) is 0. The van der Waals surface area contributed by atoms with Crippen LogP contribution < -0.4 is 0 Å². The van der Waals surface area contributed by atoms with Crippen LogP contribution >= 0.6 is 0 Å². The van der Waals surface area contributed by atoms with Crippen LogP contribution in [-0.4, -0.2) is 0 Å². The second-order valence-electron chi connectivity index (χ2n) is 1.95. The van der Waals surface area contributed by atoms with Crippen LogP contribution in [0.2, 0.25) is 0 Å². The van der Waals surface area contributed by atoms with Gasteiger partial charge < -0.3 is 0 Å². The lowest BCUT2D eigenvalue weighted by Gasteiger charge is -1.91. The summed E-state index contributed by atoms with van der Waals surface area (Å²) in [6.07, 6.45) is 10.7. The fourth-order valence-corrected chi connectivity index (χ4v) is 0.625. The molecule has 0 aromatic heterocycles. The molecule has 68 valence electrons. The van der Waals surface area contributed by atoms with Crippen molar-refractivity contribution in [3.63, 3.8) is 0 Å². The Hall–Kier alpha value is -1.04. The molecular weight excluding hydrogens is 144 g/mol. The maximum atomic E-state index is 3.68. The van der Waals surface area contributed by atoms with E-state index in [0.717, 1.165) is 6.42 Å². The third-order valence-corrected chi connectivity index (χ3v) is 1.18. The molecule has 0 spiro atoms. The van der Waals surface area contributed by atoms with Crippen LogP contribution in [0.25, 0.3) is 0 Å². The van der Waals surface area contributed by atoms with Crippen LogP contribution in [0, 0.1) is 0 Å². The molecule has 0 nitrogen and oxygen atoms in total. The third kappa shape index (κ3) is 8.96. The fourth-order valence-electron chi connectivity index (χ4n) is 0.625. The highest BCUT2D eigenvalue weighted by molar-refractivity contribution is 5.23. The van der Waals surface area contributed by atoms with E-state index < -0.39 is 0 Å². The van der Waals surface area contributed by atoms with E-state index in [-0.39, 0.29) is 0 Å². The average molecular weight is 164 g/mol. The van der Waals surface area contributed by atoms with Gasteiger partial charge in [0, 0.05) is 0 Å². The van der Waals surface area contributed by atoms with Crippen LogP contribution in [0.4, 0.5) is 0 Å². The van der Waals surface area contributed by atoms with Crippen LogP contribution in [0.1, 0.15) is 27.2 Å². The summed E-state index contributed by atoms with van der Waals surface area (Å²) in [7, 11) is 0. The molecule has 0 aliphatic carbocycles. The molecule has 0 amide bonds. The normalized spacial score (nSPS) is 10.4. The molecule has 0 aromatic rings. The summed E-state index contributed by atoms with van der Waals surface area (Å²) in [5.74, 6) is 0. The Kier molecular flexibility index (Phi) is 14.2. The molecule has 0 aliphatic rings. The summed E-state index contributed by atoms with van der Waals surface area (Å²) >= 11 is 0. The van der Waals surface area contributed by atoms with Gasteiger partial charge in [0.2, 0.25) is 0 Å². The Labute approximate surface area is 77.0 Å². The quantitative estimate of drug-likeness (QED) is 0.430. The summed E-state index contributed by atoms with van der Waals surface area (Å²) in [5.41, 5.74) is 1.20. The van der Waals surface area contributed by atoms with Crippen molar-refractivity contribution in [1.29, 1.82) is 0 Å². The molecule has 0 heterocycles. The summed E-state index contributed by atoms with van der Waals surface area (Å²) in [4.78, 5) is 0. The zero-order valence-electron chi connectivity index (χ0n) is 8.51. The average Bonchev–Trinajstić information content (AvgIpc) is 2.15. The molecule has 0 bridgehead atoms. The Balaban J connectivity index is 0. The zero-order chi connectivity index (χ0) is 9.82. The van der Waals surface area contributed by atoms with Crippen molar-refractivity contribution >= 4 is 0 Å². The summed E-state index contributed by atoms with van der Waals surface area (Å²) in [6, 6.07) is 0. The monoisotopic (exact) mass is 164 g/mol. The van der Waals surface area contributed by atoms with Crippen molar-refractivity contribution in [2.24, 2.45) is 0 Å². The van der Waals surface area contributed by atoms with Gasteiger partial charge in [-0.2, -0.15) is 0 Å². The Morgan fingerprint density at radius 3 is 2.17 bits per heavy atom. The minimum atomic E-state index is 0.950. The van der Waals surface area contributed by atoms with Crippen LogP contribution in [-0.2, 0) is 0 Å². The molecule has 0 fully saturated rings. The minimum absolute atomic E-state index is 0.950. The van der Waals surface area contributed by atoms with Crippen LogP contribution in [0.15, 0.2) is 49.1 Å². The van der Waals surface area contributed by atoms with E-state index >= 15 is 0 Å². The van der Waals surface area contributed by atoms with Crippen LogP contribution in [0.3, 0.4) is 0 Å². The molecule has 0 aliphatic heterocycles. The van der Waals surface area contributed by atoms with Crippen molar-refractivity contribution in [1.82, 2.24) is 0 Å². The van der Waals surface area contributed by atoms with E-state index in [0.29, 0.717) is 0 Å². The van der Waals surface area contributed by atoms with Crippen molar-refractivity contribution in [2.75, 3.05) is 0 Å². The van der Waals surface area contributed by atoms with Crippen LogP contribution in [0.5, 0.6) is 0 Å². The van der Waals surface area contributed by atoms with Gasteiger partial charge in [-0.3, -0.25) is 0 Å². The maximum absolute atomic E-state index is 3.68. The zero-order valence-corrected chi connectivity index (χ0v) is 8.51. The van der Waals surface area contributed by atoms with E-state index in [9.17, 15) is 0 Å². The molecule has 0 rings (SSSR count). The Morgan fingerprint density at radius 1 is 1.25 bits per heavy atom. The second kappa shape index (κ2) is 12.6. The molecule has 0 radical (unpaired) electrons. The minimum Gasteiger partial charge on any atom is -0.0991 e. The van der Waals surface area contributed by atoms with Crippen molar-refractivity contribution in [3.8, 4) is 0 Å². The van der Waals surface area contributed by atoms with Crippen molar-refractivity contribution in [3.05, 3.63) is 49.1 Å². The molecule has 0 saturated carbocycles. The second-order valence-corrected chi connectivity index (χ2v) is 1.95. The van der Waals surface area contributed by atoms with Crippen molar-refractivity contribution < 1.29 is 0 Å². The first-order valence-electron chi connectivity index (χ1n) is 4.40. The largest absolute Gasteiger partial charge is 0.0991 e. The van der Waals surface area contributed by atoms with Gasteiger partial charge in [0.05, 0.1) is 0 Å². The van der Waals surface area contributed by atoms with Gasteiger partial charge in [-0.15, -0.1) is 0 Å². The lowest BCUT2D eigenvalue weighted by atomic mass is 10.1. The van der Waals surface area contributed by atoms with Crippen molar-refractivity contribution in [2.45, 2.75) is 27.2 Å². The highest BCUT2D eigenvalue weighted by atomic mass is 13.9. The third-order valence-electron chi connectivity index (χ3n) is 1.18. The van der Waals surface area contributed by atoms with Gasteiger partial charge in [0.1, 0.15) is 0 Å². The number of allylic oxidation sites excluding steroid dienone is 6. The first-order chi connectivity index (χ1) is 5.85.